The normalized spacial score (nSPS) is 15.5. The molecular formula is C22H24N4O3S. The largest absolute Gasteiger partial charge is 0.464 e. The van der Waals surface area contributed by atoms with Crippen LogP contribution in [0.1, 0.15) is 60.2 Å². The monoisotopic (exact) mass is 424 g/mol. The zero-order valence-corrected chi connectivity index (χ0v) is 17.6. The first-order chi connectivity index (χ1) is 14.6. The van der Waals surface area contributed by atoms with Crippen LogP contribution in [0.4, 0.5) is 5.69 Å². The summed E-state index contributed by atoms with van der Waals surface area (Å²) in [5.41, 5.74) is 0.788. The fraction of sp³-hybridized carbons (Fsp3) is 0.364. The molecule has 1 atom stereocenters. The summed E-state index contributed by atoms with van der Waals surface area (Å²) in [4.78, 5) is 28.4. The number of rotatable bonds is 6. The van der Waals surface area contributed by atoms with E-state index >= 15 is 0 Å². The Morgan fingerprint density at radius 2 is 1.90 bits per heavy atom. The number of hydrogen-bond acceptors (Lipinski definition) is 6. The van der Waals surface area contributed by atoms with E-state index < -0.39 is 11.9 Å². The second-order valence-corrected chi connectivity index (χ2v) is 8.11. The van der Waals surface area contributed by atoms with Crippen molar-refractivity contribution in [3.63, 3.8) is 0 Å². The smallest absolute Gasteiger partial charge is 0.280 e. The topological polar surface area (TPSA) is 88.3 Å². The molecule has 1 aliphatic rings. The maximum absolute atomic E-state index is 13.5. The highest BCUT2D eigenvalue weighted by Gasteiger charge is 2.37. The highest BCUT2D eigenvalue weighted by Crippen LogP contribution is 2.31. The van der Waals surface area contributed by atoms with Gasteiger partial charge in [0.25, 0.3) is 11.8 Å². The Balaban J connectivity index is 1.74. The van der Waals surface area contributed by atoms with Gasteiger partial charge in [0.05, 0.1) is 0 Å². The molecule has 4 rings (SSSR count). The minimum absolute atomic E-state index is 0.110. The fourth-order valence-corrected chi connectivity index (χ4v) is 4.28. The third-order valence-electron chi connectivity index (χ3n) is 5.32. The molecule has 0 saturated heterocycles. The Hall–Kier alpha value is -3.00. The van der Waals surface area contributed by atoms with Gasteiger partial charge in [-0.25, -0.2) is 0 Å². The van der Waals surface area contributed by atoms with Gasteiger partial charge < -0.3 is 9.73 Å². The van der Waals surface area contributed by atoms with Crippen molar-refractivity contribution in [2.45, 2.75) is 51.1 Å². The number of carbonyl (C=O) groups excluding carboxylic acids is 2. The van der Waals surface area contributed by atoms with Gasteiger partial charge >= 0.3 is 0 Å². The number of amides is 2. The predicted molar refractivity (Wildman–Crippen MR) is 114 cm³/mol. The van der Waals surface area contributed by atoms with Crippen molar-refractivity contribution < 1.29 is 14.0 Å². The molecule has 0 radical (unpaired) electrons. The Bertz CT molecular complexity index is 981. The lowest BCUT2D eigenvalue weighted by atomic mass is 9.95. The molecule has 2 amide bonds. The molecule has 1 aromatic carbocycles. The molecule has 7 nitrogen and oxygen atoms in total. The van der Waals surface area contributed by atoms with E-state index in [0.717, 1.165) is 37.2 Å². The van der Waals surface area contributed by atoms with Crippen LogP contribution in [0.5, 0.6) is 0 Å². The zero-order chi connectivity index (χ0) is 20.9. The lowest BCUT2D eigenvalue weighted by molar-refractivity contribution is -0.123. The minimum Gasteiger partial charge on any atom is -0.464 e. The van der Waals surface area contributed by atoms with Crippen molar-refractivity contribution >= 4 is 29.0 Å². The van der Waals surface area contributed by atoms with E-state index in [1.807, 2.05) is 25.1 Å². The van der Waals surface area contributed by atoms with E-state index in [4.69, 9.17) is 4.42 Å². The number of nitrogens with one attached hydrogen (secondary N) is 1. The van der Waals surface area contributed by atoms with Crippen LogP contribution in [-0.2, 0) is 4.79 Å². The number of aryl methyl sites for hydroxylation is 1. The first-order valence-corrected chi connectivity index (χ1v) is 11.0. The molecule has 0 aliphatic heterocycles. The van der Waals surface area contributed by atoms with E-state index in [0.29, 0.717) is 17.2 Å². The van der Waals surface area contributed by atoms with Crippen LogP contribution in [0, 0.1) is 6.92 Å². The van der Waals surface area contributed by atoms with Crippen LogP contribution in [0.15, 0.2) is 52.3 Å². The lowest BCUT2D eigenvalue weighted by Gasteiger charge is -2.31. The van der Waals surface area contributed by atoms with Crippen LogP contribution in [0.2, 0.25) is 0 Å². The number of anilines is 1. The summed E-state index contributed by atoms with van der Waals surface area (Å²) in [6, 6.07) is 11.8. The van der Waals surface area contributed by atoms with Crippen LogP contribution in [-0.4, -0.2) is 27.4 Å². The molecule has 2 aromatic heterocycles. The van der Waals surface area contributed by atoms with Crippen molar-refractivity contribution in [1.29, 1.82) is 0 Å². The molecule has 1 N–H and O–H groups in total. The molecule has 2 heterocycles. The number of aromatic nitrogens is 2. The summed E-state index contributed by atoms with van der Waals surface area (Å²) in [6.45, 7) is 1.82. The summed E-state index contributed by atoms with van der Waals surface area (Å²) in [6.07, 6.45) is 5.29. The third-order valence-corrected chi connectivity index (χ3v) is 5.83. The van der Waals surface area contributed by atoms with E-state index in [9.17, 15) is 9.59 Å². The average molecular weight is 425 g/mol. The molecule has 3 aromatic rings. The van der Waals surface area contributed by atoms with Crippen molar-refractivity contribution in [2.75, 3.05) is 4.90 Å². The van der Waals surface area contributed by atoms with E-state index in [1.54, 1.807) is 29.6 Å². The molecule has 1 aliphatic carbocycles. The highest BCUT2D eigenvalue weighted by atomic mass is 32.1. The maximum Gasteiger partial charge on any atom is 0.280 e. The summed E-state index contributed by atoms with van der Waals surface area (Å²) >= 11 is 1.10. The van der Waals surface area contributed by atoms with Gasteiger partial charge in [-0.05, 0) is 55.6 Å². The number of nitrogens with zero attached hydrogens (tertiary/aromatic N) is 3. The van der Waals surface area contributed by atoms with Gasteiger partial charge in [0.15, 0.2) is 11.7 Å². The quantitative estimate of drug-likeness (QED) is 0.638. The third kappa shape index (κ3) is 4.43. The molecule has 1 unspecified atom stereocenters. The van der Waals surface area contributed by atoms with Crippen molar-refractivity contribution in [2.24, 2.45) is 0 Å². The number of carbonyl (C=O) groups is 2. The van der Waals surface area contributed by atoms with E-state index in [1.165, 1.54) is 11.3 Å². The fourth-order valence-electron chi connectivity index (χ4n) is 3.85. The van der Waals surface area contributed by atoms with Gasteiger partial charge in [0.1, 0.15) is 11.5 Å². The van der Waals surface area contributed by atoms with Gasteiger partial charge in [-0.3, -0.25) is 14.5 Å². The number of para-hydroxylation sites is 1. The van der Waals surface area contributed by atoms with Crippen molar-refractivity contribution in [3.05, 3.63) is 65.1 Å². The molecule has 0 bridgehead atoms. The predicted octanol–water partition coefficient (Wildman–Crippen LogP) is 4.28. The van der Waals surface area contributed by atoms with Crippen molar-refractivity contribution in [1.82, 2.24) is 14.9 Å². The number of benzene rings is 1. The van der Waals surface area contributed by atoms with Gasteiger partial charge in [0.2, 0.25) is 0 Å². The van der Waals surface area contributed by atoms with Gasteiger partial charge in [-0.15, -0.1) is 5.10 Å². The van der Waals surface area contributed by atoms with E-state index in [2.05, 4.69) is 14.9 Å². The summed E-state index contributed by atoms with van der Waals surface area (Å²) in [7, 11) is 0. The van der Waals surface area contributed by atoms with Crippen LogP contribution < -0.4 is 10.2 Å². The Kier molecular flexibility index (Phi) is 6.23. The molecule has 156 valence electrons. The zero-order valence-electron chi connectivity index (χ0n) is 16.8. The Morgan fingerprint density at radius 1 is 1.13 bits per heavy atom. The molecular weight excluding hydrogens is 400 g/mol. The second kappa shape index (κ2) is 9.21. The Labute approximate surface area is 179 Å². The molecule has 30 heavy (non-hydrogen) atoms. The highest BCUT2D eigenvalue weighted by molar-refractivity contribution is 7.03. The summed E-state index contributed by atoms with van der Waals surface area (Å²) in [5.74, 6) is 0.446. The first-order valence-electron chi connectivity index (χ1n) is 10.2. The van der Waals surface area contributed by atoms with Crippen LogP contribution >= 0.6 is 11.5 Å². The first kappa shape index (κ1) is 20.3. The standard InChI is InChI=1S/C22H24N4O3S/c1-15-12-13-19(29-15)20(21(27)23-16-8-4-2-5-9-16)26(17-10-6-3-7-11-17)22(28)18-14-30-25-24-18/h3,6-7,10-14,16,20H,2,4-5,8-9H2,1H3,(H,23,27). The molecule has 8 heteroatoms. The van der Waals surface area contributed by atoms with Crippen LogP contribution in [0.25, 0.3) is 0 Å². The number of hydrogen-bond donors (Lipinski definition) is 1. The lowest BCUT2D eigenvalue weighted by Crippen LogP contribution is -2.47. The SMILES string of the molecule is Cc1ccc(C(C(=O)NC2CCCCC2)N(C(=O)c2csnn2)c2ccccc2)o1. The molecule has 1 fully saturated rings. The second-order valence-electron chi connectivity index (χ2n) is 7.50. The Morgan fingerprint density at radius 3 is 2.53 bits per heavy atom. The van der Waals surface area contributed by atoms with Gasteiger partial charge in [-0.2, -0.15) is 0 Å². The van der Waals surface area contributed by atoms with Gasteiger partial charge in [-0.1, -0.05) is 41.9 Å². The van der Waals surface area contributed by atoms with E-state index in [-0.39, 0.29) is 17.6 Å². The summed E-state index contributed by atoms with van der Waals surface area (Å²) in [5, 5.41) is 8.67. The molecule has 1 saturated carbocycles. The minimum atomic E-state index is -0.947. The molecule has 0 spiro atoms. The van der Waals surface area contributed by atoms with Crippen molar-refractivity contribution in [3.8, 4) is 0 Å². The van der Waals surface area contributed by atoms with Crippen LogP contribution in [0.3, 0.4) is 0 Å². The average Bonchev–Trinajstić information content (AvgIpc) is 3.45. The number of furan rings is 1. The summed E-state index contributed by atoms with van der Waals surface area (Å²) < 4.78 is 9.65. The maximum atomic E-state index is 13.5. The van der Waals surface area contributed by atoms with Gasteiger partial charge in [0, 0.05) is 17.1 Å².